The molecular formula is C22H36N2+2. The number of piperazine rings is 1. The van der Waals surface area contributed by atoms with Gasteiger partial charge in [-0.15, -0.1) is 0 Å². The molecule has 2 unspecified atom stereocenters. The highest BCUT2D eigenvalue weighted by Crippen LogP contribution is 2.28. The Morgan fingerprint density at radius 3 is 2.33 bits per heavy atom. The molecule has 1 saturated carbocycles. The first-order valence-corrected chi connectivity index (χ1v) is 10.6. The zero-order chi connectivity index (χ0) is 16.4. The molecule has 2 aliphatic heterocycles. The number of aryl methyl sites for hydroxylation is 1. The predicted molar refractivity (Wildman–Crippen MR) is 99.4 cm³/mol. The van der Waals surface area contributed by atoms with Gasteiger partial charge in [-0.05, 0) is 24.8 Å². The Morgan fingerprint density at radius 2 is 1.58 bits per heavy atom. The van der Waals surface area contributed by atoms with Crippen molar-refractivity contribution in [1.82, 2.24) is 0 Å². The van der Waals surface area contributed by atoms with Crippen LogP contribution in [0.3, 0.4) is 0 Å². The summed E-state index contributed by atoms with van der Waals surface area (Å²) in [6.45, 7) is 7.77. The average Bonchev–Trinajstić information content (AvgIpc) is 3.11. The first kappa shape index (κ1) is 16.6. The van der Waals surface area contributed by atoms with Gasteiger partial charge < -0.3 is 9.80 Å². The van der Waals surface area contributed by atoms with Crippen LogP contribution in [-0.2, 0) is 13.0 Å². The molecule has 0 radical (unpaired) electrons. The van der Waals surface area contributed by atoms with Gasteiger partial charge in [-0.1, -0.05) is 50.5 Å². The van der Waals surface area contributed by atoms with Gasteiger partial charge in [-0.2, -0.15) is 0 Å². The van der Waals surface area contributed by atoms with E-state index in [9.17, 15) is 0 Å². The van der Waals surface area contributed by atoms with Gasteiger partial charge in [0.05, 0.1) is 6.54 Å². The van der Waals surface area contributed by atoms with E-state index in [0.29, 0.717) is 0 Å². The smallest absolute Gasteiger partial charge is 0.143 e. The first-order valence-electron chi connectivity index (χ1n) is 10.6. The summed E-state index contributed by atoms with van der Waals surface area (Å²) in [5.74, 6) is 1.00. The second kappa shape index (κ2) is 7.58. The molecule has 4 rings (SSSR count). The van der Waals surface area contributed by atoms with Gasteiger partial charge >= 0.3 is 0 Å². The number of hydrogen-bond donors (Lipinski definition) is 2. The lowest BCUT2D eigenvalue weighted by Gasteiger charge is -2.44. The van der Waals surface area contributed by atoms with Gasteiger partial charge in [0.15, 0.2) is 0 Å². The van der Waals surface area contributed by atoms with Gasteiger partial charge in [-0.3, -0.25) is 0 Å². The summed E-state index contributed by atoms with van der Waals surface area (Å²) in [5.41, 5.74) is 3.03. The molecule has 1 aromatic carbocycles. The van der Waals surface area contributed by atoms with E-state index in [1.54, 1.807) is 5.56 Å². The molecule has 24 heavy (non-hydrogen) atoms. The number of quaternary nitrogens is 2. The fourth-order valence-corrected chi connectivity index (χ4v) is 5.97. The van der Waals surface area contributed by atoms with E-state index < -0.39 is 0 Å². The summed E-state index contributed by atoms with van der Waals surface area (Å²) in [5, 5.41) is 0. The van der Waals surface area contributed by atoms with E-state index in [0.717, 1.165) is 24.4 Å². The maximum absolute atomic E-state index is 2.40. The van der Waals surface area contributed by atoms with E-state index in [4.69, 9.17) is 0 Å². The van der Waals surface area contributed by atoms with Crippen LogP contribution in [0.2, 0.25) is 0 Å². The second-order valence-corrected chi connectivity index (χ2v) is 8.59. The number of hydrogen-bond acceptors (Lipinski definition) is 0. The van der Waals surface area contributed by atoms with Crippen molar-refractivity contribution in [3.05, 3.63) is 35.4 Å². The molecule has 2 heteroatoms. The number of nitrogens with one attached hydrogen (secondary N) is 2. The van der Waals surface area contributed by atoms with Crippen molar-refractivity contribution in [3.8, 4) is 0 Å². The second-order valence-electron chi connectivity index (χ2n) is 8.59. The van der Waals surface area contributed by atoms with Crippen molar-refractivity contribution >= 4 is 0 Å². The van der Waals surface area contributed by atoms with Gasteiger partial charge in [0.2, 0.25) is 0 Å². The van der Waals surface area contributed by atoms with Gasteiger partial charge in [0.1, 0.15) is 31.7 Å². The molecule has 2 N–H and O–H groups in total. The third-order valence-electron chi connectivity index (χ3n) is 7.23. The van der Waals surface area contributed by atoms with E-state index in [1.165, 1.54) is 76.7 Å². The summed E-state index contributed by atoms with van der Waals surface area (Å²) in [7, 11) is 0. The largest absolute Gasteiger partial charge is 0.323 e. The minimum absolute atomic E-state index is 0.933. The normalized spacial score (nSPS) is 34.2. The van der Waals surface area contributed by atoms with Crippen LogP contribution in [0.15, 0.2) is 24.3 Å². The molecule has 0 bridgehead atoms. The Hall–Kier alpha value is -0.860. The maximum Gasteiger partial charge on any atom is 0.143 e. The van der Waals surface area contributed by atoms with Gasteiger partial charge in [-0.25, -0.2) is 0 Å². The van der Waals surface area contributed by atoms with Crippen LogP contribution in [0, 0.1) is 5.92 Å². The van der Waals surface area contributed by atoms with Crippen LogP contribution in [0.25, 0.3) is 0 Å². The Kier molecular flexibility index (Phi) is 5.24. The molecule has 2 heterocycles. The highest BCUT2D eigenvalue weighted by atomic mass is 15.3. The molecule has 132 valence electrons. The van der Waals surface area contributed by atoms with Crippen LogP contribution >= 0.6 is 0 Å². The van der Waals surface area contributed by atoms with Crippen LogP contribution in [-0.4, -0.2) is 31.7 Å². The fraction of sp³-hybridized carbons (Fsp3) is 0.727. The molecule has 3 fully saturated rings. The SMILES string of the molecule is CCc1ccc(C[NH+]2CC[NH+]3CCC[C@@H]3[C@@H]2C2CCCCC2)cc1. The third-order valence-corrected chi connectivity index (χ3v) is 7.23. The number of fused-ring (bicyclic) bond motifs is 1. The molecule has 0 amide bonds. The Labute approximate surface area is 148 Å². The Morgan fingerprint density at radius 1 is 0.833 bits per heavy atom. The van der Waals surface area contributed by atoms with Crippen molar-refractivity contribution in [3.63, 3.8) is 0 Å². The molecule has 2 saturated heterocycles. The summed E-state index contributed by atoms with van der Waals surface area (Å²) in [6.07, 6.45) is 11.6. The van der Waals surface area contributed by atoms with Crippen LogP contribution in [0.1, 0.15) is 63.0 Å². The van der Waals surface area contributed by atoms with Crippen LogP contribution in [0.4, 0.5) is 0 Å². The maximum atomic E-state index is 2.40. The van der Waals surface area contributed by atoms with Crippen LogP contribution < -0.4 is 9.80 Å². The molecule has 0 spiro atoms. The molecule has 4 atom stereocenters. The Balaban J connectivity index is 1.52. The third kappa shape index (κ3) is 3.41. The van der Waals surface area contributed by atoms with E-state index in [-0.39, 0.29) is 0 Å². The van der Waals surface area contributed by atoms with Crippen LogP contribution in [0.5, 0.6) is 0 Å². The zero-order valence-corrected chi connectivity index (χ0v) is 15.5. The molecule has 3 aliphatic rings. The molecular weight excluding hydrogens is 292 g/mol. The quantitative estimate of drug-likeness (QED) is 0.832. The Bertz CT molecular complexity index is 517. The topological polar surface area (TPSA) is 8.88 Å². The van der Waals surface area contributed by atoms with E-state index in [2.05, 4.69) is 31.2 Å². The van der Waals surface area contributed by atoms with E-state index in [1.807, 2.05) is 9.80 Å². The zero-order valence-electron chi connectivity index (χ0n) is 15.5. The van der Waals surface area contributed by atoms with Crippen molar-refractivity contribution in [1.29, 1.82) is 0 Å². The summed E-state index contributed by atoms with van der Waals surface area (Å²) < 4.78 is 0. The lowest BCUT2D eigenvalue weighted by molar-refractivity contribution is -1.05. The van der Waals surface area contributed by atoms with Crippen molar-refractivity contribution in [2.45, 2.75) is 76.9 Å². The lowest BCUT2D eigenvalue weighted by Crippen LogP contribution is -3.32. The minimum atomic E-state index is 0.933. The highest BCUT2D eigenvalue weighted by Gasteiger charge is 2.49. The van der Waals surface area contributed by atoms with Crippen molar-refractivity contribution in [2.24, 2.45) is 5.92 Å². The summed E-state index contributed by atoms with van der Waals surface area (Å²) in [6, 6.07) is 11.4. The molecule has 1 aromatic rings. The van der Waals surface area contributed by atoms with Crippen molar-refractivity contribution in [2.75, 3.05) is 19.6 Å². The average molecular weight is 329 g/mol. The van der Waals surface area contributed by atoms with Gasteiger partial charge in [0.25, 0.3) is 0 Å². The predicted octanol–water partition coefficient (Wildman–Crippen LogP) is 1.64. The monoisotopic (exact) mass is 328 g/mol. The number of rotatable bonds is 4. The molecule has 2 nitrogen and oxygen atoms in total. The van der Waals surface area contributed by atoms with Crippen molar-refractivity contribution < 1.29 is 9.80 Å². The van der Waals surface area contributed by atoms with E-state index >= 15 is 0 Å². The summed E-state index contributed by atoms with van der Waals surface area (Å²) in [4.78, 5) is 3.87. The standard InChI is InChI=1S/C22H34N2/c1-2-18-10-12-19(13-11-18)17-24-16-15-23-14-6-9-21(23)22(24)20-7-4-3-5-8-20/h10-13,20-22H,2-9,14-17H2,1H3/p+2/t21-,22+/m1/s1. The number of benzene rings is 1. The minimum Gasteiger partial charge on any atom is -0.323 e. The van der Waals surface area contributed by atoms with Gasteiger partial charge in [0, 0.05) is 24.3 Å². The molecule has 1 aliphatic carbocycles. The fourth-order valence-electron chi connectivity index (χ4n) is 5.97. The highest BCUT2D eigenvalue weighted by molar-refractivity contribution is 5.21. The first-order chi connectivity index (χ1) is 11.8. The summed E-state index contributed by atoms with van der Waals surface area (Å²) >= 11 is 0. The molecule has 0 aromatic heterocycles. The lowest BCUT2D eigenvalue weighted by atomic mass is 9.78.